The third-order valence-corrected chi connectivity index (χ3v) is 5.61. The summed E-state index contributed by atoms with van der Waals surface area (Å²) < 4.78 is 14.2. The lowest BCUT2D eigenvalue weighted by atomic mass is 10.0. The number of H-pyrrole nitrogens is 2. The first-order chi connectivity index (χ1) is 16.0. The summed E-state index contributed by atoms with van der Waals surface area (Å²) in [5.41, 5.74) is 2.94. The molecule has 1 aromatic heterocycles. The second kappa shape index (κ2) is 8.90. The van der Waals surface area contributed by atoms with Gasteiger partial charge in [0.05, 0.1) is 34.6 Å². The number of carbonyl (C=O) groups excluding carboxylic acids is 1. The van der Waals surface area contributed by atoms with E-state index in [-0.39, 0.29) is 18.1 Å². The molecule has 3 heterocycles. The Morgan fingerprint density at radius 1 is 1.15 bits per heavy atom. The predicted octanol–water partition coefficient (Wildman–Crippen LogP) is 3.68. The quantitative estimate of drug-likeness (QED) is 0.285. The minimum Gasteiger partial charge on any atom is -0.387 e. The van der Waals surface area contributed by atoms with Crippen LogP contribution >= 0.6 is 0 Å². The minimum atomic E-state index is -1.61. The number of aromatic amines is 2. The van der Waals surface area contributed by atoms with E-state index >= 15 is 0 Å². The molecule has 9 heteroatoms. The molecular formula is C25H28FN5O3. The molecule has 178 valence electrons. The molecule has 34 heavy (non-hydrogen) atoms. The van der Waals surface area contributed by atoms with Crippen molar-refractivity contribution in [1.29, 1.82) is 0 Å². The maximum absolute atomic E-state index is 14.2. The Bertz CT molecular complexity index is 1350. The van der Waals surface area contributed by atoms with Crippen LogP contribution in [0.3, 0.4) is 0 Å². The van der Waals surface area contributed by atoms with Crippen molar-refractivity contribution in [3.05, 3.63) is 58.6 Å². The van der Waals surface area contributed by atoms with E-state index in [2.05, 4.69) is 20.6 Å². The molecule has 0 fully saturated rings. The molecule has 0 aliphatic carbocycles. The first-order valence-corrected chi connectivity index (χ1v) is 11.1. The summed E-state index contributed by atoms with van der Waals surface area (Å²) in [4.78, 5) is 34.9. The standard InChI is InChI=1S/C25H28FN5O3/c1-13(2)30-22-17(24(33)29-12-19(26)25(3,4)34)11-28-21-16-7-5-14(9-18(16)31-23(21)22)15-6-8-20(32)27-10-15/h5-11,13,19,28,30,34H,12H2,1-4H3,(H,27,32)(H,29,33)/t19-/m1/s1. The molecule has 1 amide bonds. The van der Waals surface area contributed by atoms with Crippen LogP contribution in [0.5, 0.6) is 0 Å². The molecule has 0 saturated heterocycles. The summed E-state index contributed by atoms with van der Waals surface area (Å²) in [7, 11) is 0. The van der Waals surface area contributed by atoms with E-state index in [1.54, 1.807) is 18.5 Å². The van der Waals surface area contributed by atoms with Crippen LogP contribution in [0.2, 0.25) is 0 Å². The number of anilines is 1. The molecule has 0 spiro atoms. The summed E-state index contributed by atoms with van der Waals surface area (Å²) in [6.07, 6.45) is 1.62. The predicted molar refractivity (Wildman–Crippen MR) is 131 cm³/mol. The lowest BCUT2D eigenvalue weighted by molar-refractivity contribution is -0.00177. The molecule has 2 aromatic rings. The third-order valence-electron chi connectivity index (χ3n) is 5.61. The smallest absolute Gasteiger partial charge is 0.255 e. The maximum atomic E-state index is 14.2. The SMILES string of the molecule is CC(C)Nc1c(C(=O)NC[C@@H](F)C(C)(C)O)c[nH]c2c3ccc(-c4ccc(=O)[nH]c4)cc3nc1-2. The molecule has 0 bridgehead atoms. The Labute approximate surface area is 196 Å². The summed E-state index contributed by atoms with van der Waals surface area (Å²) in [6, 6.07) is 9.04. The average molecular weight is 466 g/mol. The number of nitrogens with one attached hydrogen (secondary N) is 4. The average Bonchev–Trinajstić information content (AvgIpc) is 3.15. The van der Waals surface area contributed by atoms with Crippen molar-refractivity contribution in [3.8, 4) is 22.5 Å². The number of alkyl halides is 1. The highest BCUT2D eigenvalue weighted by Gasteiger charge is 2.28. The van der Waals surface area contributed by atoms with Gasteiger partial charge in [0.15, 0.2) is 0 Å². The van der Waals surface area contributed by atoms with Crippen LogP contribution in [0.4, 0.5) is 10.1 Å². The minimum absolute atomic E-state index is 0.0129. The monoisotopic (exact) mass is 465 g/mol. The van der Waals surface area contributed by atoms with Crippen molar-refractivity contribution >= 4 is 22.5 Å². The van der Waals surface area contributed by atoms with Gasteiger partial charge in [-0.05, 0) is 51.0 Å². The first kappa shape index (κ1) is 23.4. The van der Waals surface area contributed by atoms with Crippen molar-refractivity contribution < 1.29 is 14.3 Å². The van der Waals surface area contributed by atoms with E-state index in [4.69, 9.17) is 4.98 Å². The number of nitrogens with zero attached hydrogens (tertiary/aromatic N) is 1. The van der Waals surface area contributed by atoms with Gasteiger partial charge in [0, 0.05) is 29.9 Å². The fraction of sp³-hybridized carbons (Fsp3) is 0.320. The lowest BCUT2D eigenvalue weighted by Gasteiger charge is -2.23. The number of aliphatic hydroxyl groups is 1. The van der Waals surface area contributed by atoms with E-state index in [0.29, 0.717) is 16.9 Å². The summed E-state index contributed by atoms with van der Waals surface area (Å²) in [5.74, 6) is -0.478. The van der Waals surface area contributed by atoms with Gasteiger partial charge in [0.2, 0.25) is 5.56 Å². The van der Waals surface area contributed by atoms with Crippen LogP contribution in [0.15, 0.2) is 47.5 Å². The fourth-order valence-corrected chi connectivity index (χ4v) is 3.72. The van der Waals surface area contributed by atoms with E-state index in [0.717, 1.165) is 27.7 Å². The van der Waals surface area contributed by atoms with Crippen LogP contribution in [-0.2, 0) is 0 Å². The van der Waals surface area contributed by atoms with Gasteiger partial charge in [-0.25, -0.2) is 9.37 Å². The Balaban J connectivity index is 1.76. The van der Waals surface area contributed by atoms with Gasteiger partial charge in [0.1, 0.15) is 11.9 Å². The second-order valence-electron chi connectivity index (χ2n) is 9.22. The van der Waals surface area contributed by atoms with Gasteiger partial charge < -0.3 is 25.7 Å². The van der Waals surface area contributed by atoms with Gasteiger partial charge >= 0.3 is 0 Å². The molecule has 0 unspecified atom stereocenters. The van der Waals surface area contributed by atoms with Gasteiger partial charge in [-0.2, -0.15) is 0 Å². The van der Waals surface area contributed by atoms with Crippen LogP contribution in [0, 0.1) is 0 Å². The number of amides is 1. The van der Waals surface area contributed by atoms with Crippen LogP contribution in [0.25, 0.3) is 33.4 Å². The highest BCUT2D eigenvalue weighted by molar-refractivity contribution is 6.07. The Morgan fingerprint density at radius 3 is 2.53 bits per heavy atom. The summed E-state index contributed by atoms with van der Waals surface area (Å²) >= 11 is 0. The number of aromatic nitrogens is 3. The Morgan fingerprint density at radius 2 is 1.88 bits per heavy atom. The second-order valence-corrected chi connectivity index (χ2v) is 9.22. The Kier molecular flexibility index (Phi) is 6.14. The van der Waals surface area contributed by atoms with E-state index < -0.39 is 17.7 Å². The number of benzene rings is 1. The van der Waals surface area contributed by atoms with E-state index in [1.807, 2.05) is 32.0 Å². The van der Waals surface area contributed by atoms with Crippen molar-refractivity contribution in [2.24, 2.45) is 0 Å². The molecular weight excluding hydrogens is 437 g/mol. The Hall–Kier alpha value is -3.72. The van der Waals surface area contributed by atoms with E-state index in [1.165, 1.54) is 19.9 Å². The van der Waals surface area contributed by atoms with Crippen LogP contribution < -0.4 is 16.2 Å². The number of carbonyl (C=O) groups is 1. The van der Waals surface area contributed by atoms with E-state index in [9.17, 15) is 19.1 Å². The number of fused-ring (bicyclic) bond motifs is 3. The largest absolute Gasteiger partial charge is 0.387 e. The van der Waals surface area contributed by atoms with Crippen LogP contribution in [0.1, 0.15) is 38.1 Å². The first-order valence-electron chi connectivity index (χ1n) is 11.1. The number of rotatable bonds is 7. The maximum Gasteiger partial charge on any atom is 0.255 e. The lowest BCUT2D eigenvalue weighted by Crippen LogP contribution is -2.42. The number of hydrogen-bond acceptors (Lipinski definition) is 5. The molecule has 1 aromatic carbocycles. The number of hydrogen-bond donors (Lipinski definition) is 5. The molecule has 4 rings (SSSR count). The van der Waals surface area contributed by atoms with Crippen molar-refractivity contribution in [3.63, 3.8) is 0 Å². The highest BCUT2D eigenvalue weighted by Crippen LogP contribution is 2.38. The summed E-state index contributed by atoms with van der Waals surface area (Å²) in [5, 5.41) is 16.6. The molecule has 2 aliphatic heterocycles. The molecule has 0 radical (unpaired) electrons. The van der Waals surface area contributed by atoms with Gasteiger partial charge in [0.25, 0.3) is 5.91 Å². The fourth-order valence-electron chi connectivity index (χ4n) is 3.72. The zero-order valence-electron chi connectivity index (χ0n) is 19.5. The molecule has 0 saturated carbocycles. The number of pyridine rings is 2. The third kappa shape index (κ3) is 4.65. The summed E-state index contributed by atoms with van der Waals surface area (Å²) in [6.45, 7) is 6.30. The van der Waals surface area contributed by atoms with Crippen molar-refractivity contribution in [1.82, 2.24) is 20.3 Å². The molecule has 1 atom stereocenters. The van der Waals surface area contributed by atoms with Crippen molar-refractivity contribution in [2.45, 2.75) is 45.5 Å². The molecule has 8 nitrogen and oxygen atoms in total. The normalized spacial score (nSPS) is 12.9. The van der Waals surface area contributed by atoms with Crippen LogP contribution in [-0.4, -0.2) is 50.3 Å². The highest BCUT2D eigenvalue weighted by atomic mass is 19.1. The number of halogens is 1. The zero-order valence-corrected chi connectivity index (χ0v) is 19.5. The van der Waals surface area contributed by atoms with Crippen molar-refractivity contribution in [2.75, 3.05) is 11.9 Å². The van der Waals surface area contributed by atoms with Gasteiger partial charge in [-0.15, -0.1) is 0 Å². The van der Waals surface area contributed by atoms with Gasteiger partial charge in [-0.3, -0.25) is 9.59 Å². The zero-order chi connectivity index (χ0) is 24.6. The molecule has 2 aliphatic rings. The topological polar surface area (TPSA) is 123 Å². The van der Waals surface area contributed by atoms with Gasteiger partial charge in [-0.1, -0.05) is 12.1 Å². The molecule has 5 N–H and O–H groups in total.